The number of hydrogen-bond donors (Lipinski definition) is 2. The van der Waals surface area contributed by atoms with E-state index >= 15 is 0 Å². The van der Waals surface area contributed by atoms with Crippen LogP contribution in [0.1, 0.15) is 48.8 Å². The first kappa shape index (κ1) is 20.1. The van der Waals surface area contributed by atoms with Crippen molar-refractivity contribution >= 4 is 11.8 Å². The Morgan fingerprint density at radius 1 is 1.43 bits per heavy atom. The molecule has 2 aromatic heterocycles. The number of carbonyl (C=O) groups excluding carboxylic acids is 2. The summed E-state index contributed by atoms with van der Waals surface area (Å²) >= 11 is 0. The Hall–Kier alpha value is -2.68. The van der Waals surface area contributed by atoms with Crippen molar-refractivity contribution in [3.8, 4) is 0 Å². The minimum Gasteiger partial charge on any atom is -0.376 e. The molecule has 0 unspecified atom stereocenters. The van der Waals surface area contributed by atoms with Crippen LogP contribution in [0.5, 0.6) is 0 Å². The molecule has 2 amide bonds. The maximum Gasteiger partial charge on any atom is 0.269 e. The van der Waals surface area contributed by atoms with Gasteiger partial charge in [0.25, 0.3) is 5.91 Å². The van der Waals surface area contributed by atoms with Crippen molar-refractivity contribution < 1.29 is 18.8 Å². The minimum atomic E-state index is -0.208. The van der Waals surface area contributed by atoms with Crippen LogP contribution in [0.2, 0.25) is 0 Å². The molecule has 1 aliphatic carbocycles. The highest BCUT2D eigenvalue weighted by Gasteiger charge is 2.36. The van der Waals surface area contributed by atoms with Crippen LogP contribution < -0.4 is 5.32 Å². The van der Waals surface area contributed by atoms with Gasteiger partial charge in [-0.2, -0.15) is 0 Å². The Bertz CT molecular complexity index is 746. The van der Waals surface area contributed by atoms with Crippen LogP contribution in [0.3, 0.4) is 0 Å². The van der Waals surface area contributed by atoms with Crippen LogP contribution in [-0.2, 0) is 16.1 Å². The van der Waals surface area contributed by atoms with Gasteiger partial charge in [0, 0.05) is 25.6 Å². The Kier molecular flexibility index (Phi) is 6.80. The van der Waals surface area contributed by atoms with E-state index in [2.05, 4.69) is 20.4 Å². The number of aromatic amines is 1. The predicted molar refractivity (Wildman–Crippen MR) is 100 cm³/mol. The van der Waals surface area contributed by atoms with Crippen LogP contribution in [0, 0.1) is 5.92 Å². The van der Waals surface area contributed by atoms with E-state index in [-0.39, 0.29) is 29.9 Å². The molecule has 1 fully saturated rings. The normalized spacial score (nSPS) is 22.0. The monoisotopic (exact) mass is 389 g/mol. The smallest absolute Gasteiger partial charge is 0.269 e. The van der Waals surface area contributed by atoms with E-state index in [0.29, 0.717) is 38.1 Å². The molecule has 9 nitrogen and oxygen atoms in total. The van der Waals surface area contributed by atoms with Crippen molar-refractivity contribution in [2.45, 2.75) is 51.3 Å². The average molecular weight is 389 g/mol. The Morgan fingerprint density at radius 2 is 2.29 bits per heavy atom. The van der Waals surface area contributed by atoms with E-state index in [1.54, 1.807) is 18.0 Å². The summed E-state index contributed by atoms with van der Waals surface area (Å²) in [4.78, 5) is 33.6. The Labute approximate surface area is 163 Å². The molecule has 2 N–H and O–H groups in total. The van der Waals surface area contributed by atoms with Gasteiger partial charge in [-0.15, -0.1) is 0 Å². The van der Waals surface area contributed by atoms with Gasteiger partial charge in [0.2, 0.25) is 5.91 Å². The summed E-state index contributed by atoms with van der Waals surface area (Å²) in [6, 6.07) is 1.62. The molecule has 0 radical (unpaired) electrons. The molecular formula is C19H27N5O4. The van der Waals surface area contributed by atoms with Crippen LogP contribution in [0.4, 0.5) is 0 Å². The molecule has 0 spiro atoms. The highest BCUT2D eigenvalue weighted by Crippen LogP contribution is 2.29. The first-order chi connectivity index (χ1) is 13.6. The number of aromatic nitrogens is 3. The minimum absolute atomic E-state index is 0.0615. The van der Waals surface area contributed by atoms with E-state index in [1.165, 1.54) is 18.8 Å². The van der Waals surface area contributed by atoms with Crippen molar-refractivity contribution in [2.24, 2.45) is 5.92 Å². The summed E-state index contributed by atoms with van der Waals surface area (Å²) in [7, 11) is 1.77. The largest absolute Gasteiger partial charge is 0.376 e. The lowest BCUT2D eigenvalue weighted by Crippen LogP contribution is -2.50. The zero-order valence-corrected chi connectivity index (χ0v) is 16.3. The third kappa shape index (κ3) is 4.98. The van der Waals surface area contributed by atoms with Gasteiger partial charge in [-0.05, 0) is 25.7 Å². The fourth-order valence-electron chi connectivity index (χ4n) is 3.55. The maximum atomic E-state index is 12.9. The van der Waals surface area contributed by atoms with E-state index in [1.807, 2.05) is 6.92 Å². The lowest BCUT2D eigenvalue weighted by Gasteiger charge is -2.37. The number of rotatable bonds is 8. The van der Waals surface area contributed by atoms with Gasteiger partial charge in [-0.3, -0.25) is 9.59 Å². The molecular weight excluding hydrogens is 362 g/mol. The number of amides is 2. The zero-order chi connectivity index (χ0) is 19.9. The van der Waals surface area contributed by atoms with E-state index in [9.17, 15) is 9.59 Å². The summed E-state index contributed by atoms with van der Waals surface area (Å²) in [6.45, 7) is 3.04. The number of H-pyrrole nitrogens is 1. The topological polar surface area (TPSA) is 113 Å². The van der Waals surface area contributed by atoms with Crippen molar-refractivity contribution in [2.75, 3.05) is 13.7 Å². The highest BCUT2D eigenvalue weighted by molar-refractivity contribution is 5.92. The standard InChI is InChI=1S/C19H27N5O4/c1-3-7-27-17-9-13(19(26)24(2)11-14-6-8-28-23-14)4-5-15(17)22-18(25)16-10-20-12-21-16/h6,8,10,12-13,15,17H,3-5,7,9,11H2,1-2H3,(H,20,21)(H,22,25)/t13-,15+,17+/m0/s1. The number of hydrogen-bond acceptors (Lipinski definition) is 6. The molecule has 2 aromatic rings. The quantitative estimate of drug-likeness (QED) is 0.711. The number of ether oxygens (including phenoxy) is 1. The molecule has 28 heavy (non-hydrogen) atoms. The second-order valence-corrected chi connectivity index (χ2v) is 7.15. The highest BCUT2D eigenvalue weighted by atomic mass is 16.5. The van der Waals surface area contributed by atoms with Crippen molar-refractivity contribution in [3.05, 3.63) is 36.2 Å². The lowest BCUT2D eigenvalue weighted by molar-refractivity contribution is -0.138. The third-order valence-electron chi connectivity index (χ3n) is 5.00. The molecule has 9 heteroatoms. The fraction of sp³-hybridized carbons (Fsp3) is 0.579. The predicted octanol–water partition coefficient (Wildman–Crippen LogP) is 1.75. The molecule has 0 aliphatic heterocycles. The molecule has 1 saturated carbocycles. The molecule has 3 atom stereocenters. The maximum absolute atomic E-state index is 12.9. The van der Waals surface area contributed by atoms with Crippen LogP contribution >= 0.6 is 0 Å². The zero-order valence-electron chi connectivity index (χ0n) is 16.3. The van der Waals surface area contributed by atoms with Gasteiger partial charge in [-0.1, -0.05) is 12.1 Å². The summed E-state index contributed by atoms with van der Waals surface area (Å²) in [5.41, 5.74) is 1.13. The van der Waals surface area contributed by atoms with Gasteiger partial charge in [0.15, 0.2) is 0 Å². The molecule has 0 aromatic carbocycles. The molecule has 0 bridgehead atoms. The summed E-state index contributed by atoms with van der Waals surface area (Å²) in [5.74, 6) is -0.286. The number of carbonyl (C=O) groups is 2. The van der Waals surface area contributed by atoms with E-state index in [0.717, 1.165) is 12.1 Å². The van der Waals surface area contributed by atoms with Crippen molar-refractivity contribution in [1.29, 1.82) is 0 Å². The second-order valence-electron chi connectivity index (χ2n) is 7.15. The van der Waals surface area contributed by atoms with Gasteiger partial charge in [0.1, 0.15) is 17.7 Å². The third-order valence-corrected chi connectivity index (χ3v) is 5.00. The number of imidazole rings is 1. The van der Waals surface area contributed by atoms with Gasteiger partial charge in [-0.25, -0.2) is 4.98 Å². The summed E-state index contributed by atoms with van der Waals surface area (Å²) < 4.78 is 10.8. The SMILES string of the molecule is CCCO[C@@H]1C[C@@H](C(=O)N(C)Cc2ccon2)CC[C@H]1NC(=O)c1cnc[nH]1. The molecule has 0 saturated heterocycles. The van der Waals surface area contributed by atoms with E-state index in [4.69, 9.17) is 9.26 Å². The first-order valence-electron chi connectivity index (χ1n) is 9.63. The van der Waals surface area contributed by atoms with E-state index < -0.39 is 0 Å². The number of nitrogens with one attached hydrogen (secondary N) is 2. The van der Waals surface area contributed by atoms with Gasteiger partial charge >= 0.3 is 0 Å². The summed E-state index contributed by atoms with van der Waals surface area (Å²) in [6.07, 6.45) is 7.10. The Balaban J connectivity index is 1.60. The van der Waals surface area contributed by atoms with Gasteiger partial charge < -0.3 is 24.5 Å². The molecule has 1 aliphatic rings. The second kappa shape index (κ2) is 9.50. The molecule has 3 rings (SSSR count). The summed E-state index contributed by atoms with van der Waals surface area (Å²) in [5, 5.41) is 6.88. The van der Waals surface area contributed by atoms with Crippen LogP contribution in [-0.4, -0.2) is 57.6 Å². The Morgan fingerprint density at radius 3 is 2.96 bits per heavy atom. The fourth-order valence-corrected chi connectivity index (χ4v) is 3.55. The van der Waals surface area contributed by atoms with Gasteiger partial charge in [0.05, 0.1) is 31.2 Å². The average Bonchev–Trinajstić information content (AvgIpc) is 3.40. The van der Waals surface area contributed by atoms with Crippen molar-refractivity contribution in [1.82, 2.24) is 25.3 Å². The van der Waals surface area contributed by atoms with Crippen LogP contribution in [0.25, 0.3) is 0 Å². The van der Waals surface area contributed by atoms with Crippen LogP contribution in [0.15, 0.2) is 29.4 Å². The molecule has 2 heterocycles. The number of nitrogens with zero attached hydrogens (tertiary/aromatic N) is 3. The lowest BCUT2D eigenvalue weighted by atomic mass is 9.82. The van der Waals surface area contributed by atoms with Crippen molar-refractivity contribution in [3.63, 3.8) is 0 Å². The molecule has 152 valence electrons. The first-order valence-corrected chi connectivity index (χ1v) is 9.63.